The van der Waals surface area contributed by atoms with E-state index < -0.39 is 5.82 Å². The van der Waals surface area contributed by atoms with E-state index in [-0.39, 0.29) is 24.1 Å². The Hall–Kier alpha value is -2.71. The van der Waals surface area contributed by atoms with Crippen molar-refractivity contribution in [3.8, 4) is 11.1 Å². The molecule has 8 heteroatoms. The molecule has 0 spiro atoms. The van der Waals surface area contributed by atoms with Gasteiger partial charge in [-0.25, -0.2) is 4.39 Å². The number of nitrogens with one attached hydrogen (secondary N) is 1. The summed E-state index contributed by atoms with van der Waals surface area (Å²) in [6.45, 7) is 9.32. The fraction of sp³-hybridized carbons (Fsp3) is 0.462. The van der Waals surface area contributed by atoms with Crippen LogP contribution in [0.5, 0.6) is 0 Å². The maximum absolute atomic E-state index is 15.6. The molecule has 6 nitrogen and oxygen atoms in total. The van der Waals surface area contributed by atoms with Crippen molar-refractivity contribution in [2.45, 2.75) is 59.6 Å². The SMILES string of the molecule is Cc1n[nH]c(C)c1Cc1sc2c(c1-c1cccc(CO)c1F)C(=O)N(C1CC1)CN2CC(C)C. The first-order chi connectivity index (χ1) is 16.3. The minimum atomic E-state index is -0.459. The number of nitrogens with zero attached hydrogens (tertiary/aromatic N) is 3. The van der Waals surface area contributed by atoms with Crippen LogP contribution < -0.4 is 4.90 Å². The minimum absolute atomic E-state index is 0.00977. The minimum Gasteiger partial charge on any atom is -0.392 e. The molecular formula is C26H31FN4O2S. The number of H-pyrrole nitrogens is 1. The van der Waals surface area contributed by atoms with Gasteiger partial charge in [-0.1, -0.05) is 32.0 Å². The van der Waals surface area contributed by atoms with Crippen LogP contribution in [0.15, 0.2) is 18.2 Å². The Balaban J connectivity index is 1.74. The van der Waals surface area contributed by atoms with Gasteiger partial charge < -0.3 is 14.9 Å². The normalized spacial score (nSPS) is 16.0. The monoisotopic (exact) mass is 482 g/mol. The summed E-state index contributed by atoms with van der Waals surface area (Å²) in [6, 6.07) is 5.33. The number of hydrogen-bond acceptors (Lipinski definition) is 5. The van der Waals surface area contributed by atoms with Gasteiger partial charge in [0.25, 0.3) is 5.91 Å². The first kappa shape index (κ1) is 23.1. The van der Waals surface area contributed by atoms with Crippen molar-refractivity contribution in [3.05, 3.63) is 57.0 Å². The second-order valence-electron chi connectivity index (χ2n) is 9.87. The molecule has 2 N–H and O–H groups in total. The average Bonchev–Trinajstić information content (AvgIpc) is 3.50. The van der Waals surface area contributed by atoms with Crippen LogP contribution in [0.3, 0.4) is 0 Å². The van der Waals surface area contributed by atoms with E-state index in [9.17, 15) is 9.90 Å². The van der Waals surface area contributed by atoms with Gasteiger partial charge in [-0.2, -0.15) is 5.10 Å². The summed E-state index contributed by atoms with van der Waals surface area (Å²) in [5, 5.41) is 18.0. The molecule has 0 atom stereocenters. The van der Waals surface area contributed by atoms with E-state index in [0.717, 1.165) is 46.2 Å². The third-order valence-electron chi connectivity index (χ3n) is 6.76. The number of benzene rings is 1. The summed E-state index contributed by atoms with van der Waals surface area (Å²) in [6.07, 6.45) is 2.60. The number of aliphatic hydroxyl groups excluding tert-OH is 1. The van der Waals surface area contributed by atoms with E-state index >= 15 is 4.39 Å². The summed E-state index contributed by atoms with van der Waals surface area (Å²) < 4.78 is 15.6. The number of carbonyl (C=O) groups excluding carboxylic acids is 1. The van der Waals surface area contributed by atoms with E-state index in [1.165, 1.54) is 0 Å². The number of aromatic nitrogens is 2. The molecule has 2 aliphatic rings. The standard InChI is InChI=1S/C26H31FN4O2S/c1-14(2)11-30-13-31(18-8-9-18)25(33)23-22(19-7-5-6-17(12-32)24(19)27)21(34-26(23)30)10-20-15(3)28-29-16(20)4/h5-7,14,18,32H,8-13H2,1-4H3,(H,28,29). The van der Waals surface area contributed by atoms with Crippen molar-refractivity contribution in [2.75, 3.05) is 18.1 Å². The molecule has 0 saturated heterocycles. The van der Waals surface area contributed by atoms with Crippen molar-refractivity contribution in [1.29, 1.82) is 0 Å². The molecule has 180 valence electrons. The molecule has 1 aliphatic heterocycles. The Morgan fingerprint density at radius 2 is 2.03 bits per heavy atom. The van der Waals surface area contributed by atoms with Crippen LogP contribution in [0.4, 0.5) is 9.39 Å². The van der Waals surface area contributed by atoms with E-state index in [2.05, 4.69) is 28.9 Å². The van der Waals surface area contributed by atoms with Crippen molar-refractivity contribution in [3.63, 3.8) is 0 Å². The lowest BCUT2D eigenvalue weighted by Gasteiger charge is -2.37. The molecule has 3 heterocycles. The zero-order valence-corrected chi connectivity index (χ0v) is 20.9. The summed E-state index contributed by atoms with van der Waals surface area (Å²) in [5.74, 6) is -0.0485. The second-order valence-corrected chi connectivity index (χ2v) is 11.0. The van der Waals surface area contributed by atoms with Crippen LogP contribution in [0.1, 0.15) is 64.4 Å². The maximum Gasteiger partial charge on any atom is 0.259 e. The number of rotatable bonds is 7. The van der Waals surface area contributed by atoms with Crippen LogP contribution in [0, 0.1) is 25.6 Å². The van der Waals surface area contributed by atoms with E-state index in [4.69, 9.17) is 0 Å². The second kappa shape index (κ2) is 8.82. The summed E-state index contributed by atoms with van der Waals surface area (Å²) in [5.41, 5.74) is 4.84. The van der Waals surface area contributed by atoms with Gasteiger partial charge in [0.05, 0.1) is 24.5 Å². The smallest absolute Gasteiger partial charge is 0.259 e. The molecule has 2 aromatic heterocycles. The predicted octanol–water partition coefficient (Wildman–Crippen LogP) is 5.02. The van der Waals surface area contributed by atoms with Crippen LogP contribution in [0.25, 0.3) is 11.1 Å². The highest BCUT2D eigenvalue weighted by molar-refractivity contribution is 7.17. The average molecular weight is 483 g/mol. The number of carbonyl (C=O) groups is 1. The number of halogens is 1. The number of fused-ring (bicyclic) bond motifs is 1. The highest BCUT2D eigenvalue weighted by atomic mass is 32.1. The van der Waals surface area contributed by atoms with Gasteiger partial charge in [-0.05, 0) is 32.6 Å². The van der Waals surface area contributed by atoms with Gasteiger partial charge in [0.1, 0.15) is 10.8 Å². The number of aryl methyl sites for hydroxylation is 2. The zero-order valence-electron chi connectivity index (χ0n) is 20.1. The summed E-state index contributed by atoms with van der Waals surface area (Å²) >= 11 is 1.59. The quantitative estimate of drug-likeness (QED) is 0.496. The lowest BCUT2D eigenvalue weighted by molar-refractivity contribution is 0.0729. The van der Waals surface area contributed by atoms with Crippen molar-refractivity contribution in [1.82, 2.24) is 15.1 Å². The molecule has 0 radical (unpaired) electrons. The lowest BCUT2D eigenvalue weighted by atomic mass is 9.94. The van der Waals surface area contributed by atoms with Gasteiger partial charge in [0.15, 0.2) is 0 Å². The molecule has 0 bridgehead atoms. The third-order valence-corrected chi connectivity index (χ3v) is 8.01. The highest BCUT2D eigenvalue weighted by Gasteiger charge is 2.42. The predicted molar refractivity (Wildman–Crippen MR) is 133 cm³/mol. The van der Waals surface area contributed by atoms with E-state index in [0.29, 0.717) is 35.7 Å². The molecule has 3 aromatic rings. The summed E-state index contributed by atoms with van der Waals surface area (Å²) in [7, 11) is 0. The molecule has 1 aromatic carbocycles. The Labute approximate surface area is 203 Å². The van der Waals surface area contributed by atoms with Gasteiger partial charge in [0.2, 0.25) is 0 Å². The van der Waals surface area contributed by atoms with Gasteiger partial charge in [-0.3, -0.25) is 9.89 Å². The molecule has 1 saturated carbocycles. The lowest BCUT2D eigenvalue weighted by Crippen LogP contribution is -2.48. The van der Waals surface area contributed by atoms with Crippen molar-refractivity contribution >= 4 is 22.2 Å². The number of anilines is 1. The molecule has 1 fully saturated rings. The Morgan fingerprint density at radius 3 is 2.65 bits per heavy atom. The maximum atomic E-state index is 15.6. The highest BCUT2D eigenvalue weighted by Crippen LogP contribution is 2.48. The number of amides is 1. The Bertz CT molecular complexity index is 1220. The molecule has 5 rings (SSSR count). The molecule has 34 heavy (non-hydrogen) atoms. The fourth-order valence-electron chi connectivity index (χ4n) is 4.89. The van der Waals surface area contributed by atoms with Crippen LogP contribution >= 0.6 is 11.3 Å². The zero-order chi connectivity index (χ0) is 24.1. The summed E-state index contributed by atoms with van der Waals surface area (Å²) in [4.78, 5) is 19.1. The number of aliphatic hydroxyl groups is 1. The number of hydrogen-bond donors (Lipinski definition) is 2. The molecule has 1 amide bonds. The Kier molecular flexibility index (Phi) is 5.98. The number of thiophene rings is 1. The fourth-order valence-corrected chi connectivity index (χ4v) is 6.21. The molecule has 0 unspecified atom stereocenters. The van der Waals surface area contributed by atoms with E-state index in [1.54, 1.807) is 29.5 Å². The Morgan fingerprint density at radius 1 is 1.26 bits per heavy atom. The van der Waals surface area contributed by atoms with Gasteiger partial charge >= 0.3 is 0 Å². The van der Waals surface area contributed by atoms with Crippen LogP contribution in [-0.4, -0.2) is 45.4 Å². The first-order valence-electron chi connectivity index (χ1n) is 11.9. The molecule has 1 aliphatic carbocycles. The topological polar surface area (TPSA) is 72.5 Å². The van der Waals surface area contributed by atoms with Crippen LogP contribution in [0.2, 0.25) is 0 Å². The van der Waals surface area contributed by atoms with Gasteiger partial charge in [0, 0.05) is 51.8 Å². The van der Waals surface area contributed by atoms with Crippen LogP contribution in [-0.2, 0) is 13.0 Å². The molecular weight excluding hydrogens is 451 g/mol. The largest absolute Gasteiger partial charge is 0.392 e. The number of aromatic amines is 1. The first-order valence-corrected chi connectivity index (χ1v) is 12.7. The van der Waals surface area contributed by atoms with Crippen molar-refractivity contribution in [2.24, 2.45) is 5.92 Å². The van der Waals surface area contributed by atoms with Crippen molar-refractivity contribution < 1.29 is 14.3 Å². The van der Waals surface area contributed by atoms with E-state index in [1.807, 2.05) is 18.7 Å². The third kappa shape index (κ3) is 3.92. The van der Waals surface area contributed by atoms with Gasteiger partial charge in [-0.15, -0.1) is 11.3 Å².